The molecule has 0 bridgehead atoms. The highest BCUT2D eigenvalue weighted by molar-refractivity contribution is 7.61. The Hall–Kier alpha value is -0.320. The van der Waals surface area contributed by atoms with Gasteiger partial charge in [-0.25, -0.2) is 4.67 Å². The third kappa shape index (κ3) is 3.97. The van der Waals surface area contributed by atoms with Crippen molar-refractivity contribution >= 4 is 7.29 Å². The van der Waals surface area contributed by atoms with Crippen LogP contribution in [0.25, 0.3) is 0 Å². The van der Waals surface area contributed by atoms with Crippen molar-refractivity contribution in [1.29, 1.82) is 5.26 Å². The average molecular weight is 230 g/mol. The van der Waals surface area contributed by atoms with Crippen molar-refractivity contribution in [3.63, 3.8) is 0 Å². The first-order valence-corrected chi connectivity index (χ1v) is 7.66. The lowest BCUT2D eigenvalue weighted by atomic mass is 10.3. The molecule has 15 heavy (non-hydrogen) atoms. The van der Waals surface area contributed by atoms with E-state index in [4.69, 9.17) is 5.26 Å². The predicted molar refractivity (Wildman–Crippen MR) is 65.4 cm³/mol. The summed E-state index contributed by atoms with van der Waals surface area (Å²) in [6, 6.07) is 2.64. The van der Waals surface area contributed by atoms with E-state index in [0.717, 1.165) is 0 Å². The molecule has 1 unspecified atom stereocenters. The maximum Gasteiger partial charge on any atom is 0.151 e. The summed E-state index contributed by atoms with van der Waals surface area (Å²) in [5.41, 5.74) is 0. The quantitative estimate of drug-likeness (QED) is 0.657. The summed E-state index contributed by atoms with van der Waals surface area (Å²) >= 11 is 0. The number of hydrogen-bond donors (Lipinski definition) is 0. The van der Waals surface area contributed by atoms with Crippen molar-refractivity contribution in [1.82, 2.24) is 4.67 Å². The first-order valence-electron chi connectivity index (χ1n) is 5.63. The maximum atomic E-state index is 12.7. The minimum Gasteiger partial charge on any atom is -0.306 e. The van der Waals surface area contributed by atoms with Crippen molar-refractivity contribution in [3.05, 3.63) is 0 Å². The molecule has 0 fully saturated rings. The fourth-order valence-electron chi connectivity index (χ4n) is 2.10. The highest BCUT2D eigenvalue weighted by atomic mass is 31.2. The van der Waals surface area contributed by atoms with Gasteiger partial charge in [0.05, 0.1) is 6.07 Å². The summed E-state index contributed by atoms with van der Waals surface area (Å²) in [6.07, 6.45) is 1.57. The first kappa shape index (κ1) is 14.7. The molecule has 0 aromatic carbocycles. The van der Waals surface area contributed by atoms with Gasteiger partial charge >= 0.3 is 0 Å². The Morgan fingerprint density at radius 2 is 1.73 bits per heavy atom. The van der Waals surface area contributed by atoms with Crippen molar-refractivity contribution in [3.8, 4) is 6.07 Å². The molecule has 0 spiro atoms. The van der Waals surface area contributed by atoms with Crippen LogP contribution in [-0.4, -0.2) is 29.1 Å². The number of hydrogen-bond acceptors (Lipinski definition) is 2. The molecule has 4 heteroatoms. The van der Waals surface area contributed by atoms with Crippen LogP contribution in [0, 0.1) is 11.3 Å². The highest BCUT2D eigenvalue weighted by Gasteiger charge is 2.32. The summed E-state index contributed by atoms with van der Waals surface area (Å²) in [4.78, 5) is 0. The van der Waals surface area contributed by atoms with Gasteiger partial charge in [-0.15, -0.1) is 0 Å². The largest absolute Gasteiger partial charge is 0.306 e. The lowest BCUT2D eigenvalue weighted by molar-refractivity contribution is 0.299. The first-order chi connectivity index (χ1) is 6.89. The lowest BCUT2D eigenvalue weighted by Gasteiger charge is -2.37. The van der Waals surface area contributed by atoms with Crippen molar-refractivity contribution in [2.75, 3.05) is 12.3 Å². The Morgan fingerprint density at radius 1 is 1.27 bits per heavy atom. The third-order valence-corrected chi connectivity index (χ3v) is 6.22. The van der Waals surface area contributed by atoms with Crippen LogP contribution < -0.4 is 0 Å². The van der Waals surface area contributed by atoms with E-state index in [9.17, 15) is 4.57 Å². The molecule has 0 aliphatic heterocycles. The second-order valence-corrected chi connectivity index (χ2v) is 7.60. The van der Waals surface area contributed by atoms with Crippen LogP contribution in [0.2, 0.25) is 0 Å². The van der Waals surface area contributed by atoms with Gasteiger partial charge in [-0.3, -0.25) is 0 Å². The van der Waals surface area contributed by atoms with Gasteiger partial charge in [-0.05, 0) is 27.7 Å². The van der Waals surface area contributed by atoms with Crippen molar-refractivity contribution in [2.45, 2.75) is 53.1 Å². The van der Waals surface area contributed by atoms with Gasteiger partial charge in [-0.1, -0.05) is 6.92 Å². The number of nitrogens with zero attached hydrogens (tertiary/aromatic N) is 2. The summed E-state index contributed by atoms with van der Waals surface area (Å²) in [6.45, 7) is 10.2. The van der Waals surface area contributed by atoms with Gasteiger partial charge in [0.15, 0.2) is 7.29 Å². The van der Waals surface area contributed by atoms with Crippen LogP contribution >= 0.6 is 7.29 Å². The topological polar surface area (TPSA) is 44.1 Å². The molecule has 0 rings (SSSR count). The molecular formula is C11H23N2OP. The normalized spacial score (nSPS) is 15.7. The monoisotopic (exact) mass is 230 g/mol. The molecule has 0 aliphatic carbocycles. The minimum atomic E-state index is -2.33. The zero-order chi connectivity index (χ0) is 12.1. The van der Waals surface area contributed by atoms with Gasteiger partial charge in [0, 0.05) is 30.8 Å². The van der Waals surface area contributed by atoms with Crippen molar-refractivity contribution < 1.29 is 4.57 Å². The van der Waals surface area contributed by atoms with Gasteiger partial charge in [0.1, 0.15) is 0 Å². The summed E-state index contributed by atoms with van der Waals surface area (Å²) in [5, 5.41) is 8.59. The Morgan fingerprint density at radius 3 is 2.00 bits per heavy atom. The lowest BCUT2D eigenvalue weighted by Crippen LogP contribution is -2.35. The molecule has 0 saturated heterocycles. The summed E-state index contributed by atoms with van der Waals surface area (Å²) < 4.78 is 14.8. The third-order valence-electron chi connectivity index (χ3n) is 2.55. The fourth-order valence-corrected chi connectivity index (χ4v) is 5.11. The summed E-state index contributed by atoms with van der Waals surface area (Å²) in [7, 11) is -2.33. The van der Waals surface area contributed by atoms with E-state index in [-0.39, 0.29) is 12.1 Å². The minimum absolute atomic E-state index is 0.273. The van der Waals surface area contributed by atoms with Gasteiger partial charge in [0.25, 0.3) is 0 Å². The van der Waals surface area contributed by atoms with Crippen LogP contribution in [0.5, 0.6) is 0 Å². The van der Waals surface area contributed by atoms with E-state index in [0.29, 0.717) is 18.7 Å². The second kappa shape index (κ2) is 6.30. The molecule has 3 nitrogen and oxygen atoms in total. The van der Waals surface area contributed by atoms with Crippen LogP contribution in [0.1, 0.15) is 41.0 Å². The molecule has 0 amide bonds. The molecule has 88 valence electrons. The summed E-state index contributed by atoms with van der Waals surface area (Å²) in [5.74, 6) is 0. The van der Waals surface area contributed by atoms with Crippen molar-refractivity contribution in [2.24, 2.45) is 0 Å². The molecular weight excluding hydrogens is 207 g/mol. The molecule has 1 atom stereocenters. The molecule has 0 aromatic heterocycles. The van der Waals surface area contributed by atoms with Crippen LogP contribution in [-0.2, 0) is 4.57 Å². The molecule has 0 radical (unpaired) electrons. The zero-order valence-electron chi connectivity index (χ0n) is 10.5. The molecule has 0 heterocycles. The SMILES string of the molecule is CCP(=O)(CCC#N)N(C(C)C)C(C)C. The molecule has 0 saturated carbocycles. The maximum absolute atomic E-state index is 12.7. The van der Waals surface area contributed by atoms with E-state index < -0.39 is 7.29 Å². The molecule has 0 aromatic rings. The van der Waals surface area contributed by atoms with Gasteiger partial charge in [0.2, 0.25) is 0 Å². The van der Waals surface area contributed by atoms with E-state index in [1.165, 1.54) is 0 Å². The van der Waals surface area contributed by atoms with Crippen LogP contribution in [0.3, 0.4) is 0 Å². The van der Waals surface area contributed by atoms with Gasteiger partial charge < -0.3 is 4.57 Å². The Labute approximate surface area is 93.9 Å². The zero-order valence-corrected chi connectivity index (χ0v) is 11.4. The Bertz CT molecular complexity index is 260. The molecule has 0 N–H and O–H groups in total. The Balaban J connectivity index is 4.88. The highest BCUT2D eigenvalue weighted by Crippen LogP contribution is 2.52. The van der Waals surface area contributed by atoms with Crippen LogP contribution in [0.4, 0.5) is 0 Å². The second-order valence-electron chi connectivity index (χ2n) is 4.36. The Kier molecular flexibility index (Phi) is 6.17. The number of nitriles is 1. The number of rotatable bonds is 6. The molecule has 0 aliphatic rings. The van der Waals surface area contributed by atoms with E-state index >= 15 is 0 Å². The fraction of sp³-hybridized carbons (Fsp3) is 0.909. The van der Waals surface area contributed by atoms with Crippen LogP contribution in [0.15, 0.2) is 0 Å². The van der Waals surface area contributed by atoms with E-state index in [1.54, 1.807) is 0 Å². The van der Waals surface area contributed by atoms with Gasteiger partial charge in [-0.2, -0.15) is 5.26 Å². The standard InChI is InChI=1S/C11H23N2OP/c1-6-15(14,9-7-8-12)13(10(2)3)11(4)5/h10-11H,6-7,9H2,1-5H3. The average Bonchev–Trinajstić information content (AvgIpc) is 2.13. The van der Waals surface area contributed by atoms with E-state index in [1.807, 2.05) is 6.92 Å². The predicted octanol–water partition coefficient (Wildman–Crippen LogP) is 3.32. The smallest absolute Gasteiger partial charge is 0.151 e. The van der Waals surface area contributed by atoms with E-state index in [2.05, 4.69) is 38.4 Å².